The van der Waals surface area contributed by atoms with Gasteiger partial charge in [-0.1, -0.05) is 44.2 Å². The van der Waals surface area contributed by atoms with E-state index >= 15 is 0 Å². The van der Waals surface area contributed by atoms with Crippen molar-refractivity contribution in [2.24, 2.45) is 17.6 Å². The molecule has 126 valence electrons. The van der Waals surface area contributed by atoms with E-state index in [2.05, 4.69) is 48.3 Å². The van der Waals surface area contributed by atoms with Gasteiger partial charge in [0.25, 0.3) is 0 Å². The van der Waals surface area contributed by atoms with Crippen LogP contribution < -0.4 is 11.1 Å². The van der Waals surface area contributed by atoms with Gasteiger partial charge in [-0.25, -0.2) is 0 Å². The largest absolute Gasteiger partial charge is 0.352 e. The summed E-state index contributed by atoms with van der Waals surface area (Å²) in [7, 11) is 0. The minimum absolute atomic E-state index is 0. The van der Waals surface area contributed by atoms with Crippen molar-refractivity contribution in [2.45, 2.75) is 26.4 Å². The third kappa shape index (κ3) is 5.76. The van der Waals surface area contributed by atoms with Crippen LogP contribution in [0.15, 0.2) is 30.3 Å². The molecule has 1 saturated heterocycles. The zero-order valence-corrected chi connectivity index (χ0v) is 14.8. The van der Waals surface area contributed by atoms with Gasteiger partial charge in [0.15, 0.2) is 0 Å². The Hall–Kier alpha value is -0.810. The first-order valence-corrected chi connectivity index (χ1v) is 7.36. The van der Waals surface area contributed by atoms with Crippen molar-refractivity contribution in [1.82, 2.24) is 10.2 Å². The number of hydrogen-bond donors (Lipinski definition) is 2. The van der Waals surface area contributed by atoms with Gasteiger partial charge in [0.1, 0.15) is 0 Å². The highest BCUT2D eigenvalue weighted by Crippen LogP contribution is 2.23. The fraction of sp³-hybridized carbons (Fsp3) is 0.562. The van der Waals surface area contributed by atoms with Crippen LogP contribution in [-0.4, -0.2) is 36.5 Å². The number of likely N-dealkylation sites (tertiary alicyclic amines) is 1. The van der Waals surface area contributed by atoms with E-state index < -0.39 is 0 Å². The first kappa shape index (κ1) is 21.2. The fourth-order valence-electron chi connectivity index (χ4n) is 3.18. The van der Waals surface area contributed by atoms with Crippen LogP contribution in [0.3, 0.4) is 0 Å². The van der Waals surface area contributed by atoms with Gasteiger partial charge in [-0.3, -0.25) is 9.69 Å². The van der Waals surface area contributed by atoms with Gasteiger partial charge in [0.05, 0.1) is 6.54 Å². The summed E-state index contributed by atoms with van der Waals surface area (Å²) in [6, 6.07) is 10.8. The molecule has 3 N–H and O–H groups in total. The maximum atomic E-state index is 11.5. The highest BCUT2D eigenvalue weighted by molar-refractivity contribution is 5.85. The van der Waals surface area contributed by atoms with Crippen molar-refractivity contribution >= 4 is 30.7 Å². The predicted molar refractivity (Wildman–Crippen MR) is 95.5 cm³/mol. The normalized spacial score (nSPS) is 24.8. The summed E-state index contributed by atoms with van der Waals surface area (Å²) in [5.74, 6) is 0.834. The van der Waals surface area contributed by atoms with Gasteiger partial charge >= 0.3 is 0 Å². The second-order valence-corrected chi connectivity index (χ2v) is 5.93. The summed E-state index contributed by atoms with van der Waals surface area (Å²) in [5, 5.41) is 3.06. The van der Waals surface area contributed by atoms with Crippen molar-refractivity contribution < 1.29 is 4.79 Å². The number of nitrogens with zero attached hydrogens (tertiary/aromatic N) is 1. The Kier molecular flexibility index (Phi) is 9.69. The number of amides is 1. The lowest BCUT2D eigenvalue weighted by atomic mass is 9.85. The number of rotatable bonds is 4. The molecule has 4 nitrogen and oxygen atoms in total. The summed E-state index contributed by atoms with van der Waals surface area (Å²) in [6.07, 6.45) is 0. The van der Waals surface area contributed by atoms with E-state index in [0.717, 1.165) is 19.6 Å². The molecule has 1 heterocycles. The van der Waals surface area contributed by atoms with E-state index in [1.807, 2.05) is 6.07 Å². The molecule has 2 atom stereocenters. The summed E-state index contributed by atoms with van der Waals surface area (Å²) < 4.78 is 0. The lowest BCUT2D eigenvalue weighted by Gasteiger charge is -2.41. The molecular weight excluding hydrogens is 321 g/mol. The summed E-state index contributed by atoms with van der Waals surface area (Å²) in [5.41, 5.74) is 6.73. The Balaban J connectivity index is 0.00000220. The van der Waals surface area contributed by atoms with E-state index in [4.69, 9.17) is 5.73 Å². The number of nitrogens with one attached hydrogen (secondary N) is 1. The summed E-state index contributed by atoms with van der Waals surface area (Å²) in [4.78, 5) is 14.0. The van der Waals surface area contributed by atoms with Crippen molar-refractivity contribution in [3.8, 4) is 0 Å². The Morgan fingerprint density at radius 1 is 1.18 bits per heavy atom. The number of piperidine rings is 1. The molecule has 0 aromatic heterocycles. The highest BCUT2D eigenvalue weighted by Gasteiger charge is 2.32. The molecule has 2 rings (SSSR count). The molecule has 1 aliphatic heterocycles. The number of halogens is 2. The molecular formula is C16H27Cl2N3O. The highest BCUT2D eigenvalue weighted by atomic mass is 35.5. The first-order chi connectivity index (χ1) is 9.60. The lowest BCUT2D eigenvalue weighted by Crippen LogP contribution is -2.55. The van der Waals surface area contributed by atoms with Gasteiger partial charge in [0.2, 0.25) is 5.91 Å². The van der Waals surface area contributed by atoms with Crippen LogP contribution in [-0.2, 0) is 11.3 Å². The fourth-order valence-corrected chi connectivity index (χ4v) is 3.18. The van der Waals surface area contributed by atoms with E-state index in [0.29, 0.717) is 11.8 Å². The average molecular weight is 348 g/mol. The number of carbonyl (C=O) groups excluding carboxylic acids is 1. The van der Waals surface area contributed by atoms with E-state index in [1.165, 1.54) is 5.56 Å². The van der Waals surface area contributed by atoms with E-state index in [-0.39, 0.29) is 43.3 Å². The van der Waals surface area contributed by atoms with Crippen LogP contribution >= 0.6 is 24.8 Å². The molecule has 0 saturated carbocycles. The maximum absolute atomic E-state index is 11.5. The molecule has 1 aromatic carbocycles. The summed E-state index contributed by atoms with van der Waals surface area (Å²) >= 11 is 0. The third-order valence-corrected chi connectivity index (χ3v) is 4.08. The minimum Gasteiger partial charge on any atom is -0.352 e. The van der Waals surface area contributed by atoms with E-state index in [9.17, 15) is 4.79 Å². The average Bonchev–Trinajstić information content (AvgIpc) is 2.43. The standard InChI is InChI=1S/C16H25N3O.2ClH/c1-12-9-19(11-14-6-4-3-5-7-14)10-13(2)16(12)18-15(20)8-17;;/h3-7,12-13,16H,8-11,17H2,1-2H3,(H,18,20);2*1H. The number of benzene rings is 1. The van der Waals surface area contributed by atoms with Gasteiger partial charge in [0, 0.05) is 25.7 Å². The molecule has 22 heavy (non-hydrogen) atoms. The van der Waals surface area contributed by atoms with Crippen LogP contribution in [0.2, 0.25) is 0 Å². The van der Waals surface area contributed by atoms with Gasteiger partial charge < -0.3 is 11.1 Å². The van der Waals surface area contributed by atoms with Crippen LogP contribution in [0, 0.1) is 11.8 Å². The van der Waals surface area contributed by atoms with Crippen molar-refractivity contribution in [2.75, 3.05) is 19.6 Å². The topological polar surface area (TPSA) is 58.4 Å². The molecule has 1 fully saturated rings. The van der Waals surface area contributed by atoms with Crippen LogP contribution in [0.1, 0.15) is 19.4 Å². The maximum Gasteiger partial charge on any atom is 0.233 e. The quantitative estimate of drug-likeness (QED) is 0.876. The van der Waals surface area contributed by atoms with Crippen LogP contribution in [0.25, 0.3) is 0 Å². The van der Waals surface area contributed by atoms with Gasteiger partial charge in [-0.15, -0.1) is 24.8 Å². The Labute approximate surface area is 145 Å². The van der Waals surface area contributed by atoms with Crippen LogP contribution in [0.5, 0.6) is 0 Å². The number of hydrogen-bond acceptors (Lipinski definition) is 3. The van der Waals surface area contributed by atoms with Gasteiger partial charge in [-0.2, -0.15) is 0 Å². The molecule has 1 aliphatic rings. The summed E-state index contributed by atoms with van der Waals surface area (Å²) in [6.45, 7) is 7.48. The monoisotopic (exact) mass is 347 g/mol. The molecule has 0 aliphatic carbocycles. The second-order valence-electron chi connectivity index (χ2n) is 5.93. The zero-order chi connectivity index (χ0) is 14.5. The predicted octanol–water partition coefficient (Wildman–Crippen LogP) is 2.06. The first-order valence-electron chi connectivity index (χ1n) is 7.36. The molecule has 1 amide bonds. The Morgan fingerprint density at radius 2 is 1.73 bits per heavy atom. The van der Waals surface area contributed by atoms with Crippen molar-refractivity contribution in [3.63, 3.8) is 0 Å². The molecule has 6 heteroatoms. The molecule has 0 spiro atoms. The van der Waals surface area contributed by atoms with Crippen molar-refractivity contribution in [3.05, 3.63) is 35.9 Å². The lowest BCUT2D eigenvalue weighted by molar-refractivity contribution is -0.121. The third-order valence-electron chi connectivity index (χ3n) is 4.08. The van der Waals surface area contributed by atoms with Crippen LogP contribution in [0.4, 0.5) is 0 Å². The van der Waals surface area contributed by atoms with E-state index in [1.54, 1.807) is 0 Å². The smallest absolute Gasteiger partial charge is 0.233 e. The van der Waals surface area contributed by atoms with Gasteiger partial charge in [-0.05, 0) is 17.4 Å². The molecule has 1 aromatic rings. The molecule has 0 bridgehead atoms. The Morgan fingerprint density at radius 3 is 2.23 bits per heavy atom. The van der Waals surface area contributed by atoms with Crippen molar-refractivity contribution in [1.29, 1.82) is 0 Å². The number of carbonyl (C=O) groups is 1. The second kappa shape index (κ2) is 10.1. The molecule has 2 unspecified atom stereocenters. The molecule has 0 radical (unpaired) electrons. The minimum atomic E-state index is -0.0507. The zero-order valence-electron chi connectivity index (χ0n) is 13.2. The number of nitrogens with two attached hydrogens (primary N) is 1. The Bertz CT molecular complexity index is 432. The SMILES string of the molecule is CC1CN(Cc2ccccc2)CC(C)C1NC(=O)CN.Cl.Cl.